The van der Waals surface area contributed by atoms with Gasteiger partial charge in [0.05, 0.1) is 22.0 Å². The minimum Gasteiger partial charge on any atom is -0.462 e. The van der Waals surface area contributed by atoms with E-state index in [4.69, 9.17) is 13.9 Å². The highest BCUT2D eigenvalue weighted by atomic mass is 79.9. The van der Waals surface area contributed by atoms with E-state index in [1.807, 2.05) is 0 Å². The lowest BCUT2D eigenvalue weighted by Gasteiger charge is -2.09. The molecular formula is C20H15BrO6. The van der Waals surface area contributed by atoms with E-state index in [0.717, 1.165) is 0 Å². The van der Waals surface area contributed by atoms with Crippen LogP contribution in [0.2, 0.25) is 0 Å². The number of aryl methyl sites for hydroxylation is 1. The number of furan rings is 1. The van der Waals surface area contributed by atoms with Gasteiger partial charge in [0.1, 0.15) is 16.9 Å². The van der Waals surface area contributed by atoms with Gasteiger partial charge < -0.3 is 13.9 Å². The van der Waals surface area contributed by atoms with Gasteiger partial charge in [0, 0.05) is 0 Å². The maximum atomic E-state index is 12.4. The molecule has 0 unspecified atom stereocenters. The second-order valence-electron chi connectivity index (χ2n) is 5.64. The molecule has 0 bridgehead atoms. The molecule has 0 aliphatic carbocycles. The molecule has 0 saturated heterocycles. The zero-order valence-corrected chi connectivity index (χ0v) is 16.2. The van der Waals surface area contributed by atoms with Gasteiger partial charge in [-0.15, -0.1) is 0 Å². The molecule has 1 heterocycles. The SMILES string of the molecule is CCOC(=O)c1c(C=O)oc2c(C)cc(OC(=O)c3ccccc3)c(Br)c12. The molecular weight excluding hydrogens is 416 g/mol. The summed E-state index contributed by atoms with van der Waals surface area (Å²) < 4.78 is 16.4. The van der Waals surface area contributed by atoms with Crippen LogP contribution in [0.5, 0.6) is 5.75 Å². The molecule has 0 fully saturated rings. The molecule has 0 atom stereocenters. The van der Waals surface area contributed by atoms with Crippen LogP contribution in [-0.2, 0) is 4.74 Å². The molecule has 27 heavy (non-hydrogen) atoms. The summed E-state index contributed by atoms with van der Waals surface area (Å²) in [6.07, 6.45) is 0.452. The first-order valence-corrected chi connectivity index (χ1v) is 8.92. The molecule has 0 aliphatic rings. The lowest BCUT2D eigenvalue weighted by Crippen LogP contribution is -2.09. The molecule has 0 radical (unpaired) electrons. The molecule has 0 N–H and O–H groups in total. The van der Waals surface area contributed by atoms with Crippen molar-refractivity contribution in [1.29, 1.82) is 0 Å². The number of rotatable bonds is 5. The van der Waals surface area contributed by atoms with E-state index < -0.39 is 11.9 Å². The first kappa shape index (κ1) is 18.8. The van der Waals surface area contributed by atoms with Gasteiger partial charge in [0.2, 0.25) is 0 Å². The maximum Gasteiger partial charge on any atom is 0.343 e. The van der Waals surface area contributed by atoms with E-state index in [0.29, 0.717) is 32.9 Å². The molecule has 0 spiro atoms. The number of ether oxygens (including phenoxy) is 2. The van der Waals surface area contributed by atoms with Crippen molar-refractivity contribution >= 4 is 45.1 Å². The average molecular weight is 431 g/mol. The molecule has 2 aromatic carbocycles. The van der Waals surface area contributed by atoms with Crippen LogP contribution in [0.4, 0.5) is 0 Å². The summed E-state index contributed by atoms with van der Waals surface area (Å²) in [5, 5.41) is 0.325. The predicted molar refractivity (Wildman–Crippen MR) is 101 cm³/mol. The number of hydrogen-bond acceptors (Lipinski definition) is 6. The molecule has 0 aliphatic heterocycles. The first-order valence-electron chi connectivity index (χ1n) is 8.13. The summed E-state index contributed by atoms with van der Waals surface area (Å²) in [7, 11) is 0. The summed E-state index contributed by atoms with van der Waals surface area (Å²) in [4.78, 5) is 36.1. The van der Waals surface area contributed by atoms with E-state index in [2.05, 4.69) is 15.9 Å². The second-order valence-corrected chi connectivity index (χ2v) is 6.44. The van der Waals surface area contributed by atoms with Gasteiger partial charge in [0.25, 0.3) is 0 Å². The topological polar surface area (TPSA) is 82.8 Å². The van der Waals surface area contributed by atoms with Crippen LogP contribution < -0.4 is 4.74 Å². The smallest absolute Gasteiger partial charge is 0.343 e. The standard InChI is InChI=1S/C20H15BrO6/c1-3-25-20(24)15-14(10-22)26-18-11(2)9-13(17(21)16(15)18)27-19(23)12-7-5-4-6-8-12/h4-10H,3H2,1-2H3. The van der Waals surface area contributed by atoms with Gasteiger partial charge in [-0.25, -0.2) is 9.59 Å². The number of fused-ring (bicyclic) bond motifs is 1. The van der Waals surface area contributed by atoms with Gasteiger partial charge in [-0.1, -0.05) is 18.2 Å². The number of hydrogen-bond donors (Lipinski definition) is 0. The minimum atomic E-state index is -0.690. The highest BCUT2D eigenvalue weighted by molar-refractivity contribution is 9.10. The Balaban J connectivity index is 2.14. The van der Waals surface area contributed by atoms with Crippen molar-refractivity contribution in [2.24, 2.45) is 0 Å². The third kappa shape index (κ3) is 3.50. The van der Waals surface area contributed by atoms with E-state index >= 15 is 0 Å². The van der Waals surface area contributed by atoms with Crippen LogP contribution in [0, 0.1) is 6.92 Å². The van der Waals surface area contributed by atoms with Crippen molar-refractivity contribution in [1.82, 2.24) is 0 Å². The predicted octanol–water partition coefficient (Wildman–Crippen LogP) is 4.71. The van der Waals surface area contributed by atoms with Crippen molar-refractivity contribution in [2.45, 2.75) is 13.8 Å². The Morgan fingerprint density at radius 2 is 1.89 bits per heavy atom. The molecule has 1 aromatic heterocycles. The van der Waals surface area contributed by atoms with Gasteiger partial charge >= 0.3 is 11.9 Å². The number of carbonyl (C=O) groups excluding carboxylic acids is 3. The lowest BCUT2D eigenvalue weighted by atomic mass is 10.1. The van der Waals surface area contributed by atoms with E-state index in [-0.39, 0.29) is 23.7 Å². The van der Waals surface area contributed by atoms with Gasteiger partial charge in [0.15, 0.2) is 12.0 Å². The molecule has 0 saturated carbocycles. The third-order valence-electron chi connectivity index (χ3n) is 3.88. The maximum absolute atomic E-state index is 12.4. The normalized spacial score (nSPS) is 10.6. The van der Waals surface area contributed by atoms with Crippen molar-refractivity contribution in [3.05, 3.63) is 63.3 Å². The molecule has 0 amide bonds. The van der Waals surface area contributed by atoms with Crippen molar-refractivity contribution in [3.63, 3.8) is 0 Å². The molecule has 3 rings (SSSR count). The number of aldehydes is 1. The van der Waals surface area contributed by atoms with E-state index in [1.165, 1.54) is 0 Å². The Bertz CT molecular complexity index is 1040. The van der Waals surface area contributed by atoms with Crippen LogP contribution in [0.1, 0.15) is 43.8 Å². The number of carbonyl (C=O) groups is 3. The Labute approximate surface area is 163 Å². The van der Waals surface area contributed by atoms with Crippen LogP contribution in [0.15, 0.2) is 45.3 Å². The quantitative estimate of drug-likeness (QED) is 0.331. The second kappa shape index (κ2) is 7.75. The average Bonchev–Trinajstić information content (AvgIpc) is 3.07. The van der Waals surface area contributed by atoms with Crippen molar-refractivity contribution in [3.8, 4) is 5.75 Å². The summed E-state index contributed by atoms with van der Waals surface area (Å²) in [6.45, 7) is 3.53. The van der Waals surface area contributed by atoms with Crippen LogP contribution in [0.25, 0.3) is 11.0 Å². The Hall–Kier alpha value is -2.93. The minimum absolute atomic E-state index is 0.00515. The zero-order chi connectivity index (χ0) is 19.6. The fourth-order valence-corrected chi connectivity index (χ4v) is 3.25. The zero-order valence-electron chi connectivity index (χ0n) is 14.6. The summed E-state index contributed by atoms with van der Waals surface area (Å²) >= 11 is 3.37. The Kier molecular flexibility index (Phi) is 5.41. The van der Waals surface area contributed by atoms with Crippen LogP contribution >= 0.6 is 15.9 Å². The fourth-order valence-electron chi connectivity index (χ4n) is 2.68. The Morgan fingerprint density at radius 1 is 1.19 bits per heavy atom. The summed E-state index contributed by atoms with van der Waals surface area (Å²) in [6, 6.07) is 10.1. The first-order chi connectivity index (χ1) is 13.0. The molecule has 6 nitrogen and oxygen atoms in total. The van der Waals surface area contributed by atoms with Crippen LogP contribution in [0.3, 0.4) is 0 Å². The lowest BCUT2D eigenvalue weighted by molar-refractivity contribution is 0.0524. The largest absolute Gasteiger partial charge is 0.462 e. The summed E-state index contributed by atoms with van der Waals surface area (Å²) in [5.41, 5.74) is 1.32. The molecule has 7 heteroatoms. The third-order valence-corrected chi connectivity index (χ3v) is 4.66. The van der Waals surface area contributed by atoms with Gasteiger partial charge in [-0.2, -0.15) is 0 Å². The Morgan fingerprint density at radius 3 is 2.52 bits per heavy atom. The van der Waals surface area contributed by atoms with Crippen LogP contribution in [-0.4, -0.2) is 24.8 Å². The molecule has 138 valence electrons. The van der Waals surface area contributed by atoms with E-state index in [9.17, 15) is 14.4 Å². The molecule has 3 aromatic rings. The van der Waals surface area contributed by atoms with Crippen molar-refractivity contribution in [2.75, 3.05) is 6.61 Å². The monoisotopic (exact) mass is 430 g/mol. The fraction of sp³-hybridized carbons (Fsp3) is 0.150. The van der Waals surface area contributed by atoms with Gasteiger partial charge in [-0.3, -0.25) is 4.79 Å². The number of esters is 2. The van der Waals surface area contributed by atoms with Gasteiger partial charge in [-0.05, 0) is 53.5 Å². The summed E-state index contributed by atoms with van der Waals surface area (Å²) in [5.74, 6) is -1.17. The van der Waals surface area contributed by atoms with E-state index in [1.54, 1.807) is 50.2 Å². The number of halogens is 1. The number of benzene rings is 2. The highest BCUT2D eigenvalue weighted by Crippen LogP contribution is 2.40. The van der Waals surface area contributed by atoms with Crippen molar-refractivity contribution < 1.29 is 28.3 Å². The highest BCUT2D eigenvalue weighted by Gasteiger charge is 2.27.